The quantitative estimate of drug-likeness (QED) is 0.464. The summed E-state index contributed by atoms with van der Waals surface area (Å²) >= 11 is 0. The molecule has 0 N–H and O–H groups in total. The SMILES string of the molecule is CCCCOc1ccc(C2OC(=O)CC(=O)O2)cc1. The van der Waals surface area contributed by atoms with Crippen LogP contribution in [0.25, 0.3) is 0 Å². The van der Waals surface area contributed by atoms with Crippen LogP contribution in [-0.2, 0) is 19.1 Å². The first-order valence-electron chi connectivity index (χ1n) is 6.30. The summed E-state index contributed by atoms with van der Waals surface area (Å²) in [5, 5.41) is 0. The molecule has 1 aliphatic heterocycles. The molecule has 102 valence electrons. The number of carbonyl (C=O) groups excluding carboxylic acids is 2. The molecule has 0 bridgehead atoms. The van der Waals surface area contributed by atoms with Crippen LogP contribution >= 0.6 is 0 Å². The standard InChI is InChI=1S/C14H16O5/c1-2-3-8-17-11-6-4-10(5-7-11)14-18-12(15)9-13(16)19-14/h4-7,14H,2-3,8-9H2,1H3. The number of esters is 2. The van der Waals surface area contributed by atoms with Crippen LogP contribution in [0.3, 0.4) is 0 Å². The van der Waals surface area contributed by atoms with Crippen molar-refractivity contribution in [2.24, 2.45) is 0 Å². The molecule has 2 rings (SSSR count). The van der Waals surface area contributed by atoms with Crippen LogP contribution in [0.5, 0.6) is 5.75 Å². The molecule has 0 unspecified atom stereocenters. The lowest BCUT2D eigenvalue weighted by molar-refractivity contribution is -0.204. The zero-order valence-electron chi connectivity index (χ0n) is 10.8. The Balaban J connectivity index is 1.97. The molecule has 0 aromatic heterocycles. The van der Waals surface area contributed by atoms with Gasteiger partial charge in [-0.25, -0.2) is 0 Å². The zero-order chi connectivity index (χ0) is 13.7. The molecule has 1 saturated heterocycles. The highest BCUT2D eigenvalue weighted by Gasteiger charge is 2.28. The van der Waals surface area contributed by atoms with Gasteiger partial charge in [-0.3, -0.25) is 9.59 Å². The third-order valence-electron chi connectivity index (χ3n) is 2.68. The number of carbonyl (C=O) groups is 2. The van der Waals surface area contributed by atoms with Crippen LogP contribution in [0.4, 0.5) is 0 Å². The van der Waals surface area contributed by atoms with E-state index in [1.54, 1.807) is 24.3 Å². The molecule has 0 amide bonds. The van der Waals surface area contributed by atoms with Crippen molar-refractivity contribution in [1.29, 1.82) is 0 Å². The maximum absolute atomic E-state index is 11.2. The Kier molecular flexibility index (Phi) is 4.39. The van der Waals surface area contributed by atoms with Crippen molar-refractivity contribution in [2.45, 2.75) is 32.5 Å². The molecule has 1 aromatic rings. The minimum atomic E-state index is -0.946. The number of rotatable bonds is 5. The van der Waals surface area contributed by atoms with Crippen molar-refractivity contribution >= 4 is 11.9 Å². The van der Waals surface area contributed by atoms with E-state index >= 15 is 0 Å². The Morgan fingerprint density at radius 1 is 1.16 bits per heavy atom. The first kappa shape index (κ1) is 13.4. The van der Waals surface area contributed by atoms with Gasteiger partial charge >= 0.3 is 11.9 Å². The number of cyclic esters (lactones) is 2. The normalized spacial score (nSPS) is 15.8. The summed E-state index contributed by atoms with van der Waals surface area (Å²) in [6.07, 6.45) is 0.804. The predicted molar refractivity (Wildman–Crippen MR) is 66.4 cm³/mol. The fourth-order valence-corrected chi connectivity index (χ4v) is 1.66. The van der Waals surface area contributed by atoms with Gasteiger partial charge in [0.25, 0.3) is 6.29 Å². The highest BCUT2D eigenvalue weighted by molar-refractivity contribution is 5.92. The van der Waals surface area contributed by atoms with E-state index < -0.39 is 18.2 Å². The van der Waals surface area contributed by atoms with E-state index in [0.29, 0.717) is 12.2 Å². The molecule has 5 heteroatoms. The van der Waals surface area contributed by atoms with E-state index in [1.807, 2.05) is 0 Å². The lowest BCUT2D eigenvalue weighted by Crippen LogP contribution is -2.26. The van der Waals surface area contributed by atoms with Crippen LogP contribution in [0.1, 0.15) is 38.0 Å². The maximum atomic E-state index is 11.2. The van der Waals surface area contributed by atoms with Crippen molar-refractivity contribution in [2.75, 3.05) is 6.61 Å². The highest BCUT2D eigenvalue weighted by atomic mass is 16.7. The molecule has 0 aliphatic carbocycles. The summed E-state index contributed by atoms with van der Waals surface area (Å²) < 4.78 is 15.4. The van der Waals surface area contributed by atoms with E-state index in [9.17, 15) is 9.59 Å². The number of hydrogen-bond donors (Lipinski definition) is 0. The van der Waals surface area contributed by atoms with Gasteiger partial charge in [0.1, 0.15) is 12.2 Å². The Bertz CT molecular complexity index is 435. The zero-order valence-corrected chi connectivity index (χ0v) is 10.8. The molecule has 0 radical (unpaired) electrons. The van der Waals surface area contributed by atoms with E-state index in [4.69, 9.17) is 14.2 Å². The summed E-state index contributed by atoms with van der Waals surface area (Å²) in [7, 11) is 0. The van der Waals surface area contributed by atoms with Crippen LogP contribution in [-0.4, -0.2) is 18.5 Å². The number of hydrogen-bond acceptors (Lipinski definition) is 5. The first-order chi connectivity index (χ1) is 9.19. The third kappa shape index (κ3) is 3.71. The molecule has 1 heterocycles. The predicted octanol–water partition coefficient (Wildman–Crippen LogP) is 2.35. The second kappa shape index (κ2) is 6.22. The van der Waals surface area contributed by atoms with E-state index in [2.05, 4.69) is 6.92 Å². The minimum absolute atomic E-state index is 0.325. The molecule has 1 aromatic carbocycles. The number of benzene rings is 1. The van der Waals surface area contributed by atoms with Gasteiger partial charge in [-0.15, -0.1) is 0 Å². The molecule has 19 heavy (non-hydrogen) atoms. The molecule has 0 spiro atoms. The Hall–Kier alpha value is -2.04. The van der Waals surface area contributed by atoms with Crippen molar-refractivity contribution < 1.29 is 23.8 Å². The van der Waals surface area contributed by atoms with Gasteiger partial charge < -0.3 is 14.2 Å². The largest absolute Gasteiger partial charge is 0.494 e. The summed E-state index contributed by atoms with van der Waals surface area (Å²) in [4.78, 5) is 22.3. The Morgan fingerprint density at radius 2 is 1.79 bits per heavy atom. The monoisotopic (exact) mass is 264 g/mol. The van der Waals surface area contributed by atoms with Crippen molar-refractivity contribution in [3.05, 3.63) is 29.8 Å². The number of ether oxygens (including phenoxy) is 3. The Morgan fingerprint density at radius 3 is 2.37 bits per heavy atom. The second-order valence-electron chi connectivity index (χ2n) is 4.26. The molecule has 1 aliphatic rings. The third-order valence-corrected chi connectivity index (χ3v) is 2.68. The molecular weight excluding hydrogens is 248 g/mol. The highest BCUT2D eigenvalue weighted by Crippen LogP contribution is 2.25. The molecular formula is C14H16O5. The van der Waals surface area contributed by atoms with E-state index in [0.717, 1.165) is 18.6 Å². The van der Waals surface area contributed by atoms with Crippen molar-refractivity contribution in [1.82, 2.24) is 0 Å². The van der Waals surface area contributed by atoms with Gasteiger partial charge in [-0.1, -0.05) is 13.3 Å². The van der Waals surface area contributed by atoms with Crippen molar-refractivity contribution in [3.8, 4) is 5.75 Å². The van der Waals surface area contributed by atoms with E-state index in [-0.39, 0.29) is 6.42 Å². The van der Waals surface area contributed by atoms with Gasteiger partial charge in [0.2, 0.25) is 0 Å². The fraction of sp³-hybridized carbons (Fsp3) is 0.429. The topological polar surface area (TPSA) is 61.8 Å². The first-order valence-corrected chi connectivity index (χ1v) is 6.30. The number of unbranched alkanes of at least 4 members (excludes halogenated alkanes) is 1. The van der Waals surface area contributed by atoms with Crippen LogP contribution < -0.4 is 4.74 Å². The van der Waals surface area contributed by atoms with Crippen LogP contribution in [0.2, 0.25) is 0 Å². The average molecular weight is 264 g/mol. The summed E-state index contributed by atoms with van der Waals surface area (Å²) in [6.45, 7) is 2.77. The summed E-state index contributed by atoms with van der Waals surface area (Å²) in [5.41, 5.74) is 0.615. The lowest BCUT2D eigenvalue weighted by atomic mass is 10.2. The second-order valence-corrected chi connectivity index (χ2v) is 4.26. The van der Waals surface area contributed by atoms with Gasteiger partial charge in [0, 0.05) is 5.56 Å². The molecule has 0 atom stereocenters. The van der Waals surface area contributed by atoms with Gasteiger partial charge in [-0.2, -0.15) is 0 Å². The fourth-order valence-electron chi connectivity index (χ4n) is 1.66. The van der Waals surface area contributed by atoms with E-state index in [1.165, 1.54) is 0 Å². The minimum Gasteiger partial charge on any atom is -0.494 e. The van der Waals surface area contributed by atoms with Crippen LogP contribution in [0.15, 0.2) is 24.3 Å². The summed E-state index contributed by atoms with van der Waals surface area (Å²) in [6, 6.07) is 6.97. The summed E-state index contributed by atoms with van der Waals surface area (Å²) in [5.74, 6) is -0.389. The lowest BCUT2D eigenvalue weighted by Gasteiger charge is -2.22. The van der Waals surface area contributed by atoms with Gasteiger partial charge in [0.05, 0.1) is 6.61 Å². The smallest absolute Gasteiger partial charge is 0.320 e. The van der Waals surface area contributed by atoms with Gasteiger partial charge in [-0.05, 0) is 30.7 Å². The average Bonchev–Trinajstić information content (AvgIpc) is 2.39. The maximum Gasteiger partial charge on any atom is 0.320 e. The molecule has 0 saturated carbocycles. The van der Waals surface area contributed by atoms with Crippen molar-refractivity contribution in [3.63, 3.8) is 0 Å². The Labute approximate surface area is 111 Å². The molecule has 5 nitrogen and oxygen atoms in total. The molecule has 1 fully saturated rings. The van der Waals surface area contributed by atoms with Gasteiger partial charge in [0.15, 0.2) is 0 Å². The van der Waals surface area contributed by atoms with Crippen LogP contribution in [0, 0.1) is 0 Å².